The number of hydrogen-bond donors (Lipinski definition) is 4. The maximum absolute atomic E-state index is 11.3. The fourth-order valence-corrected chi connectivity index (χ4v) is 3.21. The van der Waals surface area contributed by atoms with E-state index < -0.39 is 36.2 Å². The van der Waals surface area contributed by atoms with Crippen molar-refractivity contribution in [1.29, 1.82) is 0 Å². The Morgan fingerprint density at radius 2 is 2.10 bits per heavy atom. The monoisotopic (exact) mass is 280 g/mol. The fourth-order valence-electron chi connectivity index (χ4n) is 3.21. The molecule has 108 valence electrons. The first kappa shape index (κ1) is 13.2. The van der Waals surface area contributed by atoms with E-state index in [1.807, 2.05) is 6.08 Å². The molecule has 8 heteroatoms. The van der Waals surface area contributed by atoms with Crippen LogP contribution in [0.25, 0.3) is 0 Å². The summed E-state index contributed by atoms with van der Waals surface area (Å²) in [7, 11) is 0. The number of allylic oxidation sites excluding steroid dienone is 1. The third-order valence-electron chi connectivity index (χ3n) is 4.08. The zero-order valence-electron chi connectivity index (χ0n) is 10.6. The number of carbonyl (C=O) groups excluding carboxylic acids is 1. The summed E-state index contributed by atoms with van der Waals surface area (Å²) in [4.78, 5) is 15.1. The number of primary amides is 1. The molecule has 1 saturated carbocycles. The highest BCUT2D eigenvalue weighted by Crippen LogP contribution is 2.45. The van der Waals surface area contributed by atoms with Crippen LogP contribution in [0.2, 0.25) is 0 Å². The second-order valence-corrected chi connectivity index (χ2v) is 5.19. The van der Waals surface area contributed by atoms with E-state index in [4.69, 9.17) is 5.73 Å². The Labute approximate surface area is 114 Å². The molecule has 0 unspecified atom stereocenters. The van der Waals surface area contributed by atoms with E-state index in [0.717, 1.165) is 0 Å². The van der Waals surface area contributed by atoms with E-state index in [0.29, 0.717) is 18.4 Å². The number of hydrogen-bond acceptors (Lipinski definition) is 6. The van der Waals surface area contributed by atoms with Gasteiger partial charge >= 0.3 is 0 Å². The second-order valence-electron chi connectivity index (χ2n) is 5.19. The van der Waals surface area contributed by atoms with Gasteiger partial charge in [-0.05, 0) is 18.4 Å². The Balaban J connectivity index is 2.07. The minimum atomic E-state index is -1.17. The zero-order valence-corrected chi connectivity index (χ0v) is 10.6. The highest BCUT2D eigenvalue weighted by Gasteiger charge is 2.51. The molecule has 0 spiro atoms. The van der Waals surface area contributed by atoms with Crippen molar-refractivity contribution in [2.75, 3.05) is 0 Å². The summed E-state index contributed by atoms with van der Waals surface area (Å²) in [6.45, 7) is 0. The van der Waals surface area contributed by atoms with Gasteiger partial charge in [0.05, 0.1) is 12.2 Å². The molecule has 0 saturated heterocycles. The zero-order chi connectivity index (χ0) is 14.4. The van der Waals surface area contributed by atoms with Crippen molar-refractivity contribution >= 4 is 5.91 Å². The van der Waals surface area contributed by atoms with E-state index in [1.165, 1.54) is 11.0 Å². The summed E-state index contributed by atoms with van der Waals surface area (Å²) in [6, 6.07) is -0.727. The van der Waals surface area contributed by atoms with Gasteiger partial charge in [0, 0.05) is 5.92 Å². The van der Waals surface area contributed by atoms with Gasteiger partial charge in [-0.1, -0.05) is 6.08 Å². The van der Waals surface area contributed by atoms with Crippen LogP contribution in [-0.4, -0.2) is 54.3 Å². The number of carbonyl (C=O) groups is 1. The summed E-state index contributed by atoms with van der Waals surface area (Å²) in [5.41, 5.74) is 5.90. The largest absolute Gasteiger partial charge is 0.392 e. The van der Waals surface area contributed by atoms with E-state index in [-0.39, 0.29) is 5.82 Å². The first-order valence-electron chi connectivity index (χ1n) is 6.46. The van der Waals surface area contributed by atoms with Gasteiger partial charge in [0.15, 0.2) is 0 Å². The molecule has 0 bridgehead atoms. The molecule has 8 nitrogen and oxygen atoms in total. The number of nitrogens with two attached hydrogens (primary N) is 1. The average Bonchev–Trinajstić information content (AvgIpc) is 2.95. The predicted molar refractivity (Wildman–Crippen MR) is 66.4 cm³/mol. The second kappa shape index (κ2) is 4.65. The van der Waals surface area contributed by atoms with E-state index in [2.05, 4.69) is 10.1 Å². The summed E-state index contributed by atoms with van der Waals surface area (Å²) in [5, 5.41) is 34.3. The lowest BCUT2D eigenvalue weighted by molar-refractivity contribution is -0.0269. The third kappa shape index (κ3) is 1.76. The van der Waals surface area contributed by atoms with Crippen molar-refractivity contribution in [3.63, 3.8) is 0 Å². The van der Waals surface area contributed by atoms with Gasteiger partial charge in [0.25, 0.3) is 5.91 Å². The maximum Gasteiger partial charge on any atom is 0.286 e. The Morgan fingerprint density at radius 1 is 1.35 bits per heavy atom. The molecule has 1 aromatic rings. The van der Waals surface area contributed by atoms with Crippen molar-refractivity contribution in [3.05, 3.63) is 23.8 Å². The number of nitrogens with zero attached hydrogens (tertiary/aromatic N) is 3. The molecule has 2 aliphatic carbocycles. The molecule has 3 rings (SSSR count). The van der Waals surface area contributed by atoms with Crippen LogP contribution in [0.5, 0.6) is 0 Å². The van der Waals surface area contributed by atoms with Crippen molar-refractivity contribution in [1.82, 2.24) is 14.8 Å². The molecule has 0 radical (unpaired) electrons. The Bertz CT molecular complexity index is 570. The SMILES string of the molecule is NC(=O)c1ncnn1[C@@H]1C2=CCC[C@@H](O)[C@@H]2[C@@H](O)[C@H]1O. The lowest BCUT2D eigenvalue weighted by Gasteiger charge is -2.27. The van der Waals surface area contributed by atoms with Gasteiger partial charge < -0.3 is 21.1 Å². The Morgan fingerprint density at radius 3 is 2.80 bits per heavy atom. The average molecular weight is 280 g/mol. The molecule has 1 aromatic heterocycles. The summed E-state index contributed by atoms with van der Waals surface area (Å²) in [6.07, 6.45) is 1.23. The topological polar surface area (TPSA) is 134 Å². The predicted octanol–water partition coefficient (Wildman–Crippen LogP) is -1.65. The summed E-state index contributed by atoms with van der Waals surface area (Å²) >= 11 is 0. The fraction of sp³-hybridized carbons (Fsp3) is 0.583. The van der Waals surface area contributed by atoms with E-state index in [9.17, 15) is 20.1 Å². The minimum absolute atomic E-state index is 0.0807. The molecule has 5 atom stereocenters. The van der Waals surface area contributed by atoms with Crippen LogP contribution in [0.1, 0.15) is 29.5 Å². The Kier molecular flexibility index (Phi) is 3.08. The van der Waals surface area contributed by atoms with Crippen molar-refractivity contribution in [2.45, 2.75) is 37.2 Å². The van der Waals surface area contributed by atoms with Gasteiger partial charge in [0.2, 0.25) is 5.82 Å². The molecular formula is C12H16N4O4. The number of aromatic nitrogens is 3. The number of rotatable bonds is 2. The van der Waals surface area contributed by atoms with Gasteiger partial charge in [-0.3, -0.25) is 4.79 Å². The van der Waals surface area contributed by atoms with Crippen LogP contribution in [0.3, 0.4) is 0 Å². The van der Waals surface area contributed by atoms with Crippen LogP contribution in [-0.2, 0) is 0 Å². The third-order valence-corrected chi connectivity index (χ3v) is 4.08. The van der Waals surface area contributed by atoms with Crippen molar-refractivity contribution in [3.8, 4) is 0 Å². The highest BCUT2D eigenvalue weighted by atomic mass is 16.3. The summed E-state index contributed by atoms with van der Waals surface area (Å²) in [5.74, 6) is -1.39. The molecular weight excluding hydrogens is 264 g/mol. The lowest BCUT2D eigenvalue weighted by atomic mass is 9.85. The van der Waals surface area contributed by atoms with Crippen molar-refractivity contribution in [2.24, 2.45) is 11.7 Å². The molecule has 1 heterocycles. The molecule has 1 amide bonds. The molecule has 0 aromatic carbocycles. The van der Waals surface area contributed by atoms with Gasteiger partial charge in [-0.15, -0.1) is 0 Å². The number of amides is 1. The molecule has 2 aliphatic rings. The standard InChI is InChI=1S/C12H16N4O4/c13-11(20)12-14-4-15-16(12)8-5-2-1-3-6(17)7(5)9(18)10(8)19/h2,4,6-10,17-19H,1,3H2,(H2,13,20)/t6-,7-,8-,9-,10+/m1/s1. The van der Waals surface area contributed by atoms with E-state index >= 15 is 0 Å². The minimum Gasteiger partial charge on any atom is -0.392 e. The van der Waals surface area contributed by atoms with Crippen LogP contribution >= 0.6 is 0 Å². The normalized spacial score (nSPS) is 36.5. The number of aliphatic hydroxyl groups is 3. The van der Waals surface area contributed by atoms with Crippen LogP contribution < -0.4 is 5.73 Å². The molecule has 0 aliphatic heterocycles. The number of aliphatic hydroxyl groups excluding tert-OH is 3. The smallest absolute Gasteiger partial charge is 0.286 e. The number of fused-ring (bicyclic) bond motifs is 1. The molecule has 5 N–H and O–H groups in total. The molecule has 20 heavy (non-hydrogen) atoms. The lowest BCUT2D eigenvalue weighted by Crippen LogP contribution is -2.35. The maximum atomic E-state index is 11.3. The van der Waals surface area contributed by atoms with Crippen LogP contribution in [0.4, 0.5) is 0 Å². The first-order chi connectivity index (χ1) is 9.52. The highest BCUT2D eigenvalue weighted by molar-refractivity contribution is 5.89. The Hall–Kier alpha value is -1.77. The summed E-state index contributed by atoms with van der Waals surface area (Å²) < 4.78 is 1.22. The molecule has 1 fully saturated rings. The van der Waals surface area contributed by atoms with Crippen LogP contribution in [0, 0.1) is 5.92 Å². The first-order valence-corrected chi connectivity index (χ1v) is 6.46. The van der Waals surface area contributed by atoms with E-state index in [1.54, 1.807) is 0 Å². The van der Waals surface area contributed by atoms with Gasteiger partial charge in [0.1, 0.15) is 18.5 Å². The quantitative estimate of drug-likeness (QED) is 0.479. The van der Waals surface area contributed by atoms with Gasteiger partial charge in [-0.25, -0.2) is 9.67 Å². The van der Waals surface area contributed by atoms with Crippen molar-refractivity contribution < 1.29 is 20.1 Å². The van der Waals surface area contributed by atoms with Gasteiger partial charge in [-0.2, -0.15) is 5.10 Å². The van der Waals surface area contributed by atoms with Crippen LogP contribution in [0.15, 0.2) is 18.0 Å².